The van der Waals surface area contributed by atoms with Gasteiger partial charge in [0.05, 0.1) is 29.7 Å². The number of aryl methyl sites for hydroxylation is 1. The SMILES string of the molecule is Cc1nccc(-c2ccccc2)c1C(=O)N1C[C@H]2C[C@@H](n3ccnc3)[C@H](O)C[C@H]2C1. The number of hydrogen-bond donors (Lipinski definition) is 1. The fourth-order valence-corrected chi connectivity index (χ4v) is 5.21. The van der Waals surface area contributed by atoms with Crippen molar-refractivity contribution in [2.75, 3.05) is 13.1 Å². The molecule has 0 radical (unpaired) electrons. The van der Waals surface area contributed by atoms with E-state index in [1.807, 2.05) is 59.0 Å². The number of carbonyl (C=O) groups is 1. The minimum Gasteiger partial charge on any atom is -0.391 e. The second kappa shape index (κ2) is 7.69. The quantitative estimate of drug-likeness (QED) is 0.729. The average Bonchev–Trinajstić information content (AvgIpc) is 3.43. The van der Waals surface area contributed by atoms with E-state index in [0.29, 0.717) is 23.9 Å². The lowest BCUT2D eigenvalue weighted by Gasteiger charge is -2.35. The summed E-state index contributed by atoms with van der Waals surface area (Å²) in [5, 5.41) is 10.7. The molecule has 3 heterocycles. The third kappa shape index (κ3) is 3.31. The molecular weight excluding hydrogens is 376 g/mol. The molecule has 1 amide bonds. The Labute approximate surface area is 176 Å². The van der Waals surface area contributed by atoms with Crippen LogP contribution in [0, 0.1) is 18.8 Å². The number of fused-ring (bicyclic) bond motifs is 1. The summed E-state index contributed by atoms with van der Waals surface area (Å²) in [6, 6.07) is 12.0. The summed E-state index contributed by atoms with van der Waals surface area (Å²) in [4.78, 5) is 24.1. The highest BCUT2D eigenvalue weighted by Gasteiger charge is 2.44. The van der Waals surface area contributed by atoms with Gasteiger partial charge < -0.3 is 14.6 Å². The highest BCUT2D eigenvalue weighted by Crippen LogP contribution is 2.42. The van der Waals surface area contributed by atoms with E-state index in [2.05, 4.69) is 9.97 Å². The molecule has 0 unspecified atom stereocenters. The summed E-state index contributed by atoms with van der Waals surface area (Å²) in [7, 11) is 0. The number of aromatic nitrogens is 3. The molecule has 3 aromatic rings. The summed E-state index contributed by atoms with van der Waals surface area (Å²) >= 11 is 0. The standard InChI is InChI=1S/C24H26N4O2/c1-16-23(20(7-8-26-16)17-5-3-2-4-6-17)24(30)28-13-18-11-21(27-10-9-25-15-27)22(29)12-19(18)14-28/h2-10,15,18-19,21-22,29H,11-14H2,1H3/t18-,19+,21-,22-/m1/s1. The van der Waals surface area contributed by atoms with E-state index < -0.39 is 6.10 Å². The number of imidazole rings is 1. The summed E-state index contributed by atoms with van der Waals surface area (Å²) in [6.45, 7) is 3.32. The Kier molecular flexibility index (Phi) is 4.87. The van der Waals surface area contributed by atoms with Crippen LogP contribution in [0.5, 0.6) is 0 Å². The molecule has 1 aliphatic heterocycles. The maximum Gasteiger partial charge on any atom is 0.256 e. The van der Waals surface area contributed by atoms with Crippen LogP contribution < -0.4 is 0 Å². The Balaban J connectivity index is 1.40. The topological polar surface area (TPSA) is 71.2 Å². The van der Waals surface area contributed by atoms with Crippen molar-refractivity contribution in [1.82, 2.24) is 19.4 Å². The fraction of sp³-hybridized carbons (Fsp3) is 0.375. The molecule has 1 saturated carbocycles. The third-order valence-corrected chi connectivity index (χ3v) is 6.74. The van der Waals surface area contributed by atoms with E-state index in [0.717, 1.165) is 36.2 Å². The number of hydrogen-bond acceptors (Lipinski definition) is 4. The average molecular weight is 402 g/mol. The molecule has 2 fully saturated rings. The van der Waals surface area contributed by atoms with Crippen molar-refractivity contribution < 1.29 is 9.90 Å². The van der Waals surface area contributed by atoms with E-state index in [9.17, 15) is 9.90 Å². The van der Waals surface area contributed by atoms with Gasteiger partial charge in [0.1, 0.15) is 0 Å². The zero-order valence-electron chi connectivity index (χ0n) is 17.1. The van der Waals surface area contributed by atoms with Gasteiger partial charge in [0, 0.05) is 31.7 Å². The Bertz CT molecular complexity index is 1030. The minimum atomic E-state index is -0.407. The molecule has 154 valence electrons. The van der Waals surface area contributed by atoms with Crippen molar-refractivity contribution in [2.24, 2.45) is 11.8 Å². The van der Waals surface area contributed by atoms with Crippen molar-refractivity contribution in [2.45, 2.75) is 31.9 Å². The number of nitrogens with zero attached hydrogens (tertiary/aromatic N) is 4. The Hall–Kier alpha value is -2.99. The molecule has 0 bridgehead atoms. The first-order valence-corrected chi connectivity index (χ1v) is 10.6. The lowest BCUT2D eigenvalue weighted by molar-refractivity contribution is 0.0357. The lowest BCUT2D eigenvalue weighted by atomic mass is 9.77. The monoisotopic (exact) mass is 402 g/mol. The fourth-order valence-electron chi connectivity index (χ4n) is 5.21. The smallest absolute Gasteiger partial charge is 0.256 e. The molecule has 6 nitrogen and oxygen atoms in total. The number of likely N-dealkylation sites (tertiary alicyclic amines) is 1. The van der Waals surface area contributed by atoms with Crippen LogP contribution in [0.4, 0.5) is 0 Å². The molecule has 1 saturated heterocycles. The van der Waals surface area contributed by atoms with E-state index in [1.54, 1.807) is 18.7 Å². The first-order valence-electron chi connectivity index (χ1n) is 10.6. The van der Waals surface area contributed by atoms with Crippen molar-refractivity contribution in [3.8, 4) is 11.1 Å². The number of aliphatic hydroxyl groups excluding tert-OH is 1. The lowest BCUT2D eigenvalue weighted by Crippen LogP contribution is -2.35. The van der Waals surface area contributed by atoms with Crippen LogP contribution in [0.2, 0.25) is 0 Å². The van der Waals surface area contributed by atoms with Gasteiger partial charge in [0.25, 0.3) is 5.91 Å². The third-order valence-electron chi connectivity index (χ3n) is 6.74. The largest absolute Gasteiger partial charge is 0.391 e. The molecular formula is C24H26N4O2. The number of rotatable bonds is 3. The zero-order valence-corrected chi connectivity index (χ0v) is 17.1. The van der Waals surface area contributed by atoms with Gasteiger partial charge in [-0.05, 0) is 48.8 Å². The Morgan fingerprint density at radius 3 is 2.57 bits per heavy atom. The summed E-state index contributed by atoms with van der Waals surface area (Å²) in [6.07, 6.45) is 8.38. The molecule has 1 aliphatic carbocycles. The number of benzene rings is 1. The molecule has 4 atom stereocenters. The summed E-state index contributed by atoms with van der Waals surface area (Å²) in [5.41, 5.74) is 3.40. The number of pyridine rings is 1. The molecule has 0 spiro atoms. The van der Waals surface area contributed by atoms with E-state index in [1.165, 1.54) is 0 Å². The van der Waals surface area contributed by atoms with Crippen LogP contribution in [0.1, 0.15) is 34.9 Å². The molecule has 6 heteroatoms. The van der Waals surface area contributed by atoms with Gasteiger partial charge >= 0.3 is 0 Å². The molecule has 1 N–H and O–H groups in total. The van der Waals surface area contributed by atoms with Gasteiger partial charge in [0.15, 0.2) is 0 Å². The molecule has 2 aliphatic rings. The maximum atomic E-state index is 13.6. The second-order valence-electron chi connectivity index (χ2n) is 8.53. The van der Waals surface area contributed by atoms with Crippen LogP contribution in [-0.4, -0.2) is 49.6 Å². The van der Waals surface area contributed by atoms with Gasteiger partial charge in [-0.15, -0.1) is 0 Å². The maximum absolute atomic E-state index is 13.6. The second-order valence-corrected chi connectivity index (χ2v) is 8.53. The zero-order chi connectivity index (χ0) is 20.7. The summed E-state index contributed by atoms with van der Waals surface area (Å²) < 4.78 is 2.00. The van der Waals surface area contributed by atoms with Gasteiger partial charge in [0.2, 0.25) is 0 Å². The number of aliphatic hydroxyl groups is 1. The number of carbonyl (C=O) groups excluding carboxylic acids is 1. The normalized spacial score (nSPS) is 25.9. The Morgan fingerprint density at radius 2 is 1.83 bits per heavy atom. The first kappa shape index (κ1) is 19.0. The van der Waals surface area contributed by atoms with Crippen molar-refractivity contribution >= 4 is 5.91 Å². The van der Waals surface area contributed by atoms with Gasteiger partial charge in [-0.1, -0.05) is 30.3 Å². The van der Waals surface area contributed by atoms with Gasteiger partial charge in [-0.2, -0.15) is 0 Å². The van der Waals surface area contributed by atoms with Gasteiger partial charge in [-0.25, -0.2) is 4.98 Å². The van der Waals surface area contributed by atoms with Crippen LogP contribution in [-0.2, 0) is 0 Å². The van der Waals surface area contributed by atoms with Crippen LogP contribution in [0.3, 0.4) is 0 Å². The molecule has 30 heavy (non-hydrogen) atoms. The van der Waals surface area contributed by atoms with Gasteiger partial charge in [-0.3, -0.25) is 9.78 Å². The van der Waals surface area contributed by atoms with Crippen LogP contribution >= 0.6 is 0 Å². The van der Waals surface area contributed by atoms with Crippen LogP contribution in [0.15, 0.2) is 61.3 Å². The van der Waals surface area contributed by atoms with Crippen molar-refractivity contribution in [3.05, 3.63) is 72.6 Å². The highest BCUT2D eigenvalue weighted by atomic mass is 16.3. The molecule has 5 rings (SSSR count). The first-order chi connectivity index (χ1) is 14.6. The summed E-state index contributed by atoms with van der Waals surface area (Å²) in [5.74, 6) is 0.769. The predicted octanol–water partition coefficient (Wildman–Crippen LogP) is 3.34. The number of amides is 1. The van der Waals surface area contributed by atoms with E-state index in [4.69, 9.17) is 0 Å². The van der Waals surface area contributed by atoms with Crippen molar-refractivity contribution in [1.29, 1.82) is 0 Å². The highest BCUT2D eigenvalue weighted by molar-refractivity contribution is 6.02. The van der Waals surface area contributed by atoms with Crippen molar-refractivity contribution in [3.63, 3.8) is 0 Å². The predicted molar refractivity (Wildman–Crippen MR) is 114 cm³/mol. The molecule has 2 aromatic heterocycles. The van der Waals surface area contributed by atoms with Crippen LogP contribution in [0.25, 0.3) is 11.1 Å². The Morgan fingerprint density at radius 1 is 1.07 bits per heavy atom. The molecule has 1 aromatic carbocycles. The minimum absolute atomic E-state index is 0.0313. The van der Waals surface area contributed by atoms with E-state index >= 15 is 0 Å². The van der Waals surface area contributed by atoms with E-state index in [-0.39, 0.29) is 11.9 Å².